The van der Waals surface area contributed by atoms with Crippen LogP contribution in [0.1, 0.15) is 37.8 Å². The maximum atomic E-state index is 13.3. The van der Waals surface area contributed by atoms with Crippen LogP contribution in [0.3, 0.4) is 0 Å². The first-order valence-electron chi connectivity index (χ1n) is 10.3. The van der Waals surface area contributed by atoms with Crippen LogP contribution in [0.4, 0.5) is 0 Å². The highest BCUT2D eigenvalue weighted by atomic mass is 16.2. The minimum Gasteiger partial charge on any atom is -0.345 e. The van der Waals surface area contributed by atoms with E-state index in [1.54, 1.807) is 26.7 Å². The molecule has 0 saturated carbocycles. The average molecular weight is 417 g/mol. The number of carbonyl (C=O) groups excluding carboxylic acids is 2. The smallest absolute Gasteiger partial charge is 0.259 e. The van der Waals surface area contributed by atoms with Gasteiger partial charge in [0.2, 0.25) is 0 Å². The molecule has 158 valence electrons. The molecule has 4 heterocycles. The van der Waals surface area contributed by atoms with Crippen molar-refractivity contribution >= 4 is 28.5 Å². The molecule has 0 aliphatic carbocycles. The van der Waals surface area contributed by atoms with Crippen LogP contribution in [0.15, 0.2) is 30.6 Å². The lowest BCUT2D eigenvalue weighted by Gasteiger charge is -2.34. The molecule has 31 heavy (non-hydrogen) atoms. The number of aromatic amines is 1. The van der Waals surface area contributed by atoms with Crippen LogP contribution in [0.2, 0.25) is 0 Å². The topological polar surface area (TPSA) is 99.5 Å². The molecule has 1 fully saturated rings. The molecule has 4 aromatic rings. The number of nitrogens with one attached hydrogen (secondary N) is 1. The quantitative estimate of drug-likeness (QED) is 0.539. The van der Waals surface area contributed by atoms with E-state index in [0.717, 1.165) is 22.4 Å². The van der Waals surface area contributed by atoms with Crippen LogP contribution in [-0.4, -0.2) is 72.4 Å². The summed E-state index contributed by atoms with van der Waals surface area (Å²) in [5.41, 5.74) is 5.86. The Kier molecular flexibility index (Phi) is 4.46. The van der Waals surface area contributed by atoms with Crippen molar-refractivity contribution in [1.29, 1.82) is 0 Å². The van der Waals surface area contributed by atoms with E-state index < -0.39 is 0 Å². The monoisotopic (exact) mass is 417 g/mol. The average Bonchev–Trinajstić information content (AvgIpc) is 3.36. The lowest BCUT2D eigenvalue weighted by molar-refractivity contribution is 0.0536. The minimum atomic E-state index is -0.0871. The molecule has 0 unspecified atom stereocenters. The van der Waals surface area contributed by atoms with E-state index >= 15 is 0 Å². The Morgan fingerprint density at radius 3 is 2.42 bits per heavy atom. The van der Waals surface area contributed by atoms with Gasteiger partial charge in [0.1, 0.15) is 5.56 Å². The van der Waals surface area contributed by atoms with Crippen LogP contribution >= 0.6 is 0 Å². The summed E-state index contributed by atoms with van der Waals surface area (Å²) in [5.74, 6) is -0.125. The van der Waals surface area contributed by atoms with Crippen molar-refractivity contribution in [2.45, 2.75) is 20.8 Å². The fourth-order valence-electron chi connectivity index (χ4n) is 4.20. The van der Waals surface area contributed by atoms with Crippen LogP contribution in [0, 0.1) is 20.8 Å². The van der Waals surface area contributed by atoms with E-state index in [0.29, 0.717) is 48.6 Å². The molecule has 1 saturated heterocycles. The highest BCUT2D eigenvalue weighted by Crippen LogP contribution is 2.20. The van der Waals surface area contributed by atoms with Crippen molar-refractivity contribution in [2.75, 3.05) is 26.2 Å². The van der Waals surface area contributed by atoms with Gasteiger partial charge in [0.15, 0.2) is 5.65 Å². The van der Waals surface area contributed by atoms with Crippen molar-refractivity contribution in [2.24, 2.45) is 0 Å². The zero-order chi connectivity index (χ0) is 21.7. The lowest BCUT2D eigenvalue weighted by atomic mass is 10.1. The van der Waals surface area contributed by atoms with Gasteiger partial charge in [0.05, 0.1) is 23.1 Å². The number of piperazine rings is 1. The summed E-state index contributed by atoms with van der Waals surface area (Å²) >= 11 is 0. The minimum absolute atomic E-state index is 0.0383. The van der Waals surface area contributed by atoms with Gasteiger partial charge in [-0.2, -0.15) is 5.10 Å². The summed E-state index contributed by atoms with van der Waals surface area (Å²) in [6.45, 7) is 7.60. The number of carbonyl (C=O) groups is 2. The fraction of sp³-hybridized carbons (Fsp3) is 0.318. The van der Waals surface area contributed by atoms with Gasteiger partial charge in [-0.1, -0.05) is 0 Å². The third kappa shape index (κ3) is 3.22. The molecular formula is C22H23N7O2. The van der Waals surface area contributed by atoms with Crippen molar-refractivity contribution in [3.8, 4) is 0 Å². The van der Waals surface area contributed by atoms with Gasteiger partial charge in [-0.25, -0.2) is 14.5 Å². The number of hydrogen-bond donors (Lipinski definition) is 1. The molecule has 9 heteroatoms. The molecule has 5 rings (SSSR count). The number of fused-ring (bicyclic) bond motifs is 2. The SMILES string of the molecule is Cc1cc(C)n2nc(C)c(C(=O)N3CCN(C(=O)c4ccc5nc[nH]c5c4)CC3)c2n1. The van der Waals surface area contributed by atoms with Crippen LogP contribution in [0.25, 0.3) is 16.7 Å². The number of nitrogens with zero attached hydrogens (tertiary/aromatic N) is 6. The Morgan fingerprint density at radius 2 is 1.68 bits per heavy atom. The predicted octanol–water partition coefficient (Wildman–Crippen LogP) is 2.13. The predicted molar refractivity (Wildman–Crippen MR) is 115 cm³/mol. The number of aryl methyl sites for hydroxylation is 3. The molecule has 1 aromatic carbocycles. The second kappa shape index (κ2) is 7.19. The number of aromatic nitrogens is 5. The summed E-state index contributed by atoms with van der Waals surface area (Å²) in [4.78, 5) is 41.6. The lowest BCUT2D eigenvalue weighted by Crippen LogP contribution is -2.50. The van der Waals surface area contributed by atoms with Crippen molar-refractivity contribution in [3.63, 3.8) is 0 Å². The van der Waals surface area contributed by atoms with Gasteiger partial charge in [-0.15, -0.1) is 0 Å². The van der Waals surface area contributed by atoms with Gasteiger partial charge in [0, 0.05) is 43.1 Å². The fourth-order valence-corrected chi connectivity index (χ4v) is 4.20. The second-order valence-corrected chi connectivity index (χ2v) is 7.95. The number of hydrogen-bond acceptors (Lipinski definition) is 5. The molecule has 0 radical (unpaired) electrons. The van der Waals surface area contributed by atoms with E-state index in [4.69, 9.17) is 0 Å². The summed E-state index contributed by atoms with van der Waals surface area (Å²) in [5, 5.41) is 4.51. The molecule has 1 N–H and O–H groups in total. The Labute approximate surface area is 178 Å². The number of rotatable bonds is 2. The Hall–Kier alpha value is -3.75. The maximum absolute atomic E-state index is 13.3. The largest absolute Gasteiger partial charge is 0.345 e. The Morgan fingerprint density at radius 1 is 0.968 bits per heavy atom. The van der Waals surface area contributed by atoms with Crippen molar-refractivity contribution < 1.29 is 9.59 Å². The molecule has 1 aliphatic heterocycles. The van der Waals surface area contributed by atoms with Crippen molar-refractivity contribution in [3.05, 3.63) is 58.8 Å². The molecule has 0 atom stereocenters. The normalized spacial score (nSPS) is 14.5. The van der Waals surface area contributed by atoms with Gasteiger partial charge in [0.25, 0.3) is 11.8 Å². The summed E-state index contributed by atoms with van der Waals surface area (Å²) in [6.07, 6.45) is 1.61. The van der Waals surface area contributed by atoms with Gasteiger partial charge in [-0.05, 0) is 45.0 Å². The van der Waals surface area contributed by atoms with E-state index in [-0.39, 0.29) is 11.8 Å². The molecule has 2 amide bonds. The number of benzene rings is 1. The molecular weight excluding hydrogens is 394 g/mol. The Bertz CT molecular complexity index is 1330. The maximum Gasteiger partial charge on any atom is 0.259 e. The number of imidazole rings is 1. The first kappa shape index (κ1) is 19.2. The summed E-state index contributed by atoms with van der Waals surface area (Å²) in [6, 6.07) is 7.39. The van der Waals surface area contributed by atoms with Crippen LogP contribution in [0.5, 0.6) is 0 Å². The van der Waals surface area contributed by atoms with Crippen LogP contribution in [-0.2, 0) is 0 Å². The third-order valence-corrected chi connectivity index (χ3v) is 5.81. The molecule has 1 aliphatic rings. The standard InChI is InChI=1S/C22H23N7O2/c1-13-10-14(2)29-20(25-13)19(15(3)26-29)22(31)28-8-6-27(7-9-28)21(30)16-4-5-17-18(11-16)24-12-23-17/h4-5,10-12H,6-9H2,1-3H3,(H,23,24). The van der Waals surface area contributed by atoms with Gasteiger partial charge >= 0.3 is 0 Å². The summed E-state index contributed by atoms with van der Waals surface area (Å²) in [7, 11) is 0. The molecule has 9 nitrogen and oxygen atoms in total. The van der Waals surface area contributed by atoms with Crippen LogP contribution < -0.4 is 0 Å². The van der Waals surface area contributed by atoms with E-state index in [1.165, 1.54) is 0 Å². The first-order chi connectivity index (χ1) is 14.9. The molecule has 0 bridgehead atoms. The second-order valence-electron chi connectivity index (χ2n) is 7.95. The highest BCUT2D eigenvalue weighted by Gasteiger charge is 2.29. The third-order valence-electron chi connectivity index (χ3n) is 5.81. The van der Waals surface area contributed by atoms with Crippen molar-refractivity contribution in [1.82, 2.24) is 34.4 Å². The molecule has 3 aromatic heterocycles. The first-order valence-corrected chi connectivity index (χ1v) is 10.3. The zero-order valence-electron chi connectivity index (χ0n) is 17.7. The number of H-pyrrole nitrogens is 1. The number of amides is 2. The van der Waals surface area contributed by atoms with E-state index in [1.807, 2.05) is 39.0 Å². The Balaban J connectivity index is 1.33. The van der Waals surface area contributed by atoms with Gasteiger partial charge < -0.3 is 14.8 Å². The van der Waals surface area contributed by atoms with E-state index in [9.17, 15) is 9.59 Å². The van der Waals surface area contributed by atoms with Gasteiger partial charge in [-0.3, -0.25) is 9.59 Å². The zero-order valence-corrected chi connectivity index (χ0v) is 17.7. The van der Waals surface area contributed by atoms with E-state index in [2.05, 4.69) is 20.1 Å². The summed E-state index contributed by atoms with van der Waals surface area (Å²) < 4.78 is 1.72. The highest BCUT2D eigenvalue weighted by molar-refractivity contribution is 6.01. The molecule has 0 spiro atoms.